The number of rotatable bonds is 1. The smallest absolute Gasteiger partial charge is 0.122 e. The number of hydrogen-bond acceptors (Lipinski definition) is 2. The maximum absolute atomic E-state index is 5.38. The Hall–Kier alpha value is -0.920. The molecule has 0 amide bonds. The number of hydrogen-bond donors (Lipinski definition) is 1. The van der Waals surface area contributed by atoms with Gasteiger partial charge in [-0.1, -0.05) is 12.8 Å². The quantitative estimate of drug-likeness (QED) is 0.619. The molecule has 0 atom stereocenters. The van der Waals surface area contributed by atoms with Gasteiger partial charge >= 0.3 is 0 Å². The lowest BCUT2D eigenvalue weighted by molar-refractivity contribution is 0.279. The van der Waals surface area contributed by atoms with Gasteiger partial charge in [-0.05, 0) is 12.8 Å². The Morgan fingerprint density at radius 1 is 1.36 bits per heavy atom. The van der Waals surface area contributed by atoms with Gasteiger partial charge in [0.1, 0.15) is 12.0 Å². The van der Waals surface area contributed by atoms with Crippen molar-refractivity contribution in [1.29, 1.82) is 0 Å². The molecule has 0 aromatic heterocycles. The Labute approximate surface area is 66.9 Å². The van der Waals surface area contributed by atoms with Crippen LogP contribution in [0, 0.1) is 5.92 Å². The number of nitrogens with one attached hydrogen (secondary N) is 1. The van der Waals surface area contributed by atoms with Gasteiger partial charge in [-0.15, -0.1) is 0 Å². The predicted molar refractivity (Wildman–Crippen MR) is 43.4 cm³/mol. The second-order valence-corrected chi connectivity index (χ2v) is 3.12. The minimum atomic E-state index is 0.674. The van der Waals surface area contributed by atoms with Crippen LogP contribution in [0.15, 0.2) is 24.4 Å². The minimum Gasteiger partial charge on any atom is -0.466 e. The highest BCUT2D eigenvalue weighted by atomic mass is 16.5. The Bertz CT molecular complexity index is 190. The molecule has 0 radical (unpaired) electrons. The minimum absolute atomic E-state index is 0.674. The SMILES string of the molecule is C1=COC(C2CCCC2)=CN1. The van der Waals surface area contributed by atoms with E-state index in [9.17, 15) is 0 Å². The van der Waals surface area contributed by atoms with Crippen LogP contribution >= 0.6 is 0 Å². The van der Waals surface area contributed by atoms with Crippen LogP contribution in [0.2, 0.25) is 0 Å². The summed E-state index contributed by atoms with van der Waals surface area (Å²) in [4.78, 5) is 0. The first-order valence-corrected chi connectivity index (χ1v) is 4.24. The van der Waals surface area contributed by atoms with Gasteiger partial charge in [-0.25, -0.2) is 0 Å². The fraction of sp³-hybridized carbons (Fsp3) is 0.556. The third kappa shape index (κ3) is 1.39. The highest BCUT2D eigenvalue weighted by Gasteiger charge is 2.20. The molecule has 0 aromatic carbocycles. The number of ether oxygens (including phenoxy) is 1. The number of allylic oxidation sites excluding steroid dienone is 1. The van der Waals surface area contributed by atoms with Crippen molar-refractivity contribution in [2.75, 3.05) is 0 Å². The maximum atomic E-state index is 5.38. The molecule has 2 nitrogen and oxygen atoms in total. The van der Waals surface area contributed by atoms with Gasteiger partial charge in [0.25, 0.3) is 0 Å². The van der Waals surface area contributed by atoms with Crippen LogP contribution in [-0.4, -0.2) is 0 Å². The molecule has 1 fully saturated rings. The van der Waals surface area contributed by atoms with Gasteiger partial charge in [0, 0.05) is 18.3 Å². The van der Waals surface area contributed by atoms with E-state index in [4.69, 9.17) is 4.74 Å². The summed E-state index contributed by atoms with van der Waals surface area (Å²) in [6.07, 6.45) is 10.8. The molecule has 11 heavy (non-hydrogen) atoms. The molecule has 0 unspecified atom stereocenters. The van der Waals surface area contributed by atoms with Gasteiger partial charge in [-0.2, -0.15) is 0 Å². The van der Waals surface area contributed by atoms with E-state index < -0.39 is 0 Å². The van der Waals surface area contributed by atoms with Crippen LogP contribution in [0.3, 0.4) is 0 Å². The summed E-state index contributed by atoms with van der Waals surface area (Å²) in [6.45, 7) is 0. The molecule has 1 heterocycles. The van der Waals surface area contributed by atoms with Crippen molar-refractivity contribution >= 4 is 0 Å². The van der Waals surface area contributed by atoms with E-state index in [1.807, 2.05) is 6.20 Å². The van der Waals surface area contributed by atoms with Crippen LogP contribution in [0.5, 0.6) is 0 Å². The van der Waals surface area contributed by atoms with Crippen molar-refractivity contribution < 1.29 is 4.74 Å². The van der Waals surface area contributed by atoms with E-state index in [0.29, 0.717) is 5.92 Å². The van der Waals surface area contributed by atoms with Gasteiger partial charge in [0.15, 0.2) is 0 Å². The van der Waals surface area contributed by atoms with Gasteiger partial charge in [0.05, 0.1) is 0 Å². The summed E-state index contributed by atoms with van der Waals surface area (Å²) in [5.41, 5.74) is 0. The summed E-state index contributed by atoms with van der Waals surface area (Å²) in [5.74, 6) is 1.79. The van der Waals surface area contributed by atoms with Crippen LogP contribution in [0.4, 0.5) is 0 Å². The van der Waals surface area contributed by atoms with Gasteiger partial charge in [-0.3, -0.25) is 0 Å². The van der Waals surface area contributed by atoms with E-state index >= 15 is 0 Å². The second-order valence-electron chi connectivity index (χ2n) is 3.12. The summed E-state index contributed by atoms with van der Waals surface area (Å²) in [7, 11) is 0. The third-order valence-electron chi connectivity index (χ3n) is 2.35. The van der Waals surface area contributed by atoms with Crippen LogP contribution in [0.25, 0.3) is 0 Å². The standard InChI is InChI=1S/C9H13NO/c1-2-4-8(3-1)9-7-10-5-6-11-9/h5-8,10H,1-4H2. The summed E-state index contributed by atoms with van der Waals surface area (Å²) < 4.78 is 5.38. The van der Waals surface area contributed by atoms with Crippen LogP contribution in [0.1, 0.15) is 25.7 Å². The predicted octanol–water partition coefficient (Wildman–Crippen LogP) is 2.11. The average Bonchev–Trinajstić information content (AvgIpc) is 2.58. The normalized spacial score (nSPS) is 24.2. The Morgan fingerprint density at radius 2 is 2.18 bits per heavy atom. The molecular formula is C9H13NO. The lowest BCUT2D eigenvalue weighted by Crippen LogP contribution is -2.09. The first-order chi connectivity index (χ1) is 5.47. The molecule has 0 spiro atoms. The van der Waals surface area contributed by atoms with E-state index in [-0.39, 0.29) is 0 Å². The molecule has 0 saturated heterocycles. The summed E-state index contributed by atoms with van der Waals surface area (Å²) in [5, 5.41) is 3.04. The first-order valence-electron chi connectivity index (χ1n) is 4.24. The summed E-state index contributed by atoms with van der Waals surface area (Å²) >= 11 is 0. The highest BCUT2D eigenvalue weighted by molar-refractivity contribution is 5.05. The molecule has 1 aliphatic heterocycles. The molecular weight excluding hydrogens is 138 g/mol. The van der Waals surface area contributed by atoms with E-state index in [1.165, 1.54) is 25.7 Å². The zero-order valence-corrected chi connectivity index (χ0v) is 6.55. The molecule has 2 heteroatoms. The molecule has 1 aliphatic carbocycles. The Kier molecular flexibility index (Phi) is 1.84. The van der Waals surface area contributed by atoms with Crippen molar-refractivity contribution in [3.63, 3.8) is 0 Å². The fourth-order valence-electron chi connectivity index (χ4n) is 1.74. The third-order valence-corrected chi connectivity index (χ3v) is 2.35. The fourth-order valence-corrected chi connectivity index (χ4v) is 1.74. The van der Waals surface area contributed by atoms with E-state index in [2.05, 4.69) is 5.32 Å². The molecule has 0 bridgehead atoms. The van der Waals surface area contributed by atoms with Crippen molar-refractivity contribution in [2.45, 2.75) is 25.7 Å². The zero-order chi connectivity index (χ0) is 7.52. The van der Waals surface area contributed by atoms with Crippen molar-refractivity contribution in [3.05, 3.63) is 24.4 Å². The van der Waals surface area contributed by atoms with Crippen molar-refractivity contribution in [3.8, 4) is 0 Å². The Morgan fingerprint density at radius 3 is 2.82 bits per heavy atom. The molecule has 2 aliphatic rings. The second kappa shape index (κ2) is 2.99. The largest absolute Gasteiger partial charge is 0.466 e. The average molecular weight is 151 g/mol. The highest BCUT2D eigenvalue weighted by Crippen LogP contribution is 2.31. The monoisotopic (exact) mass is 151 g/mol. The van der Waals surface area contributed by atoms with Crippen LogP contribution < -0.4 is 5.32 Å². The molecule has 60 valence electrons. The van der Waals surface area contributed by atoms with Gasteiger partial charge in [0.2, 0.25) is 0 Å². The van der Waals surface area contributed by atoms with Crippen molar-refractivity contribution in [1.82, 2.24) is 5.32 Å². The lowest BCUT2D eigenvalue weighted by Gasteiger charge is -2.15. The van der Waals surface area contributed by atoms with Crippen LogP contribution in [-0.2, 0) is 4.74 Å². The molecule has 0 aromatic rings. The lowest BCUT2D eigenvalue weighted by atomic mass is 10.1. The molecule has 1 saturated carbocycles. The maximum Gasteiger partial charge on any atom is 0.122 e. The van der Waals surface area contributed by atoms with E-state index in [1.54, 1.807) is 12.5 Å². The topological polar surface area (TPSA) is 21.3 Å². The summed E-state index contributed by atoms with van der Waals surface area (Å²) in [6, 6.07) is 0. The molecule has 2 rings (SSSR count). The van der Waals surface area contributed by atoms with Gasteiger partial charge < -0.3 is 10.1 Å². The molecule has 1 N–H and O–H groups in total. The van der Waals surface area contributed by atoms with E-state index in [0.717, 1.165) is 5.76 Å². The Balaban J connectivity index is 1.97. The van der Waals surface area contributed by atoms with Crippen molar-refractivity contribution in [2.24, 2.45) is 5.92 Å². The zero-order valence-electron chi connectivity index (χ0n) is 6.55. The first kappa shape index (κ1) is 6.77.